The zero-order valence-electron chi connectivity index (χ0n) is 14.9. The minimum atomic E-state index is -0.592. The summed E-state index contributed by atoms with van der Waals surface area (Å²) in [6.07, 6.45) is 3.63. The molecule has 0 amide bonds. The lowest BCUT2D eigenvalue weighted by atomic mass is 9.58. The smallest absolute Gasteiger partial charge is 0.310 e. The van der Waals surface area contributed by atoms with Gasteiger partial charge in [0, 0.05) is 29.6 Å². The molecule has 3 fully saturated rings. The number of rotatable bonds is 1. The molecule has 4 heteroatoms. The van der Waals surface area contributed by atoms with Crippen molar-refractivity contribution in [1.29, 1.82) is 0 Å². The van der Waals surface area contributed by atoms with Crippen molar-refractivity contribution in [3.8, 4) is 0 Å². The van der Waals surface area contributed by atoms with Crippen LogP contribution in [0, 0.1) is 40.9 Å². The van der Waals surface area contributed by atoms with E-state index in [4.69, 9.17) is 4.74 Å². The molecule has 0 radical (unpaired) electrons. The number of carbonyl (C=O) groups is 3. The molecule has 0 aromatic carbocycles. The molecule has 0 aromatic heterocycles. The number of esters is 1. The lowest BCUT2D eigenvalue weighted by Crippen LogP contribution is -2.51. The summed E-state index contributed by atoms with van der Waals surface area (Å²) in [6, 6.07) is 0. The molecule has 2 saturated carbocycles. The summed E-state index contributed by atoms with van der Waals surface area (Å²) in [5.41, 5.74) is 0.465. The van der Waals surface area contributed by atoms with E-state index in [1.54, 1.807) is 6.08 Å². The molecule has 130 valence electrons. The van der Waals surface area contributed by atoms with Crippen LogP contribution in [0.15, 0.2) is 11.6 Å². The van der Waals surface area contributed by atoms with Crippen LogP contribution in [0.5, 0.6) is 0 Å². The van der Waals surface area contributed by atoms with Gasteiger partial charge in [-0.05, 0) is 37.7 Å². The molecule has 1 aliphatic heterocycles. The average molecular weight is 330 g/mol. The van der Waals surface area contributed by atoms with Crippen LogP contribution in [0.25, 0.3) is 0 Å². The van der Waals surface area contributed by atoms with E-state index in [9.17, 15) is 14.4 Å². The van der Waals surface area contributed by atoms with Gasteiger partial charge in [0.15, 0.2) is 5.78 Å². The van der Waals surface area contributed by atoms with Gasteiger partial charge in [-0.3, -0.25) is 14.4 Å². The predicted octanol–water partition coefficient (Wildman–Crippen LogP) is 2.95. The first-order chi connectivity index (χ1) is 11.3. The summed E-state index contributed by atoms with van der Waals surface area (Å²) in [6.45, 7) is 8.15. The normalized spacial score (nSPS) is 47.2. The molecule has 0 N–H and O–H groups in total. The van der Waals surface area contributed by atoms with Crippen LogP contribution in [0.3, 0.4) is 0 Å². The van der Waals surface area contributed by atoms with Gasteiger partial charge in [0.05, 0.1) is 5.92 Å². The number of Topliss-reactive ketones (excluding diaryl/α,β-unsaturated/α-hetero) is 1. The van der Waals surface area contributed by atoms with Gasteiger partial charge in [0.2, 0.25) is 0 Å². The van der Waals surface area contributed by atoms with Gasteiger partial charge in [0.1, 0.15) is 11.9 Å². The molecule has 4 aliphatic rings. The maximum atomic E-state index is 13.2. The molecule has 7 atom stereocenters. The zero-order chi connectivity index (χ0) is 17.4. The molecular formula is C20H26O4. The van der Waals surface area contributed by atoms with Gasteiger partial charge in [-0.1, -0.05) is 26.3 Å². The predicted molar refractivity (Wildman–Crippen MR) is 87.9 cm³/mol. The number of ketones is 2. The Morgan fingerprint density at radius 3 is 2.58 bits per heavy atom. The van der Waals surface area contributed by atoms with Crippen LogP contribution in [0.2, 0.25) is 0 Å². The Hall–Kier alpha value is -1.45. The van der Waals surface area contributed by atoms with E-state index in [1.165, 1.54) is 0 Å². The van der Waals surface area contributed by atoms with Crippen LogP contribution >= 0.6 is 0 Å². The van der Waals surface area contributed by atoms with Gasteiger partial charge in [-0.15, -0.1) is 0 Å². The maximum absolute atomic E-state index is 13.2. The third-order valence-electron chi connectivity index (χ3n) is 7.42. The van der Waals surface area contributed by atoms with Gasteiger partial charge < -0.3 is 4.74 Å². The van der Waals surface area contributed by atoms with Crippen LogP contribution in [0.1, 0.15) is 47.0 Å². The molecule has 0 spiro atoms. The summed E-state index contributed by atoms with van der Waals surface area (Å²) in [5.74, 6) is -0.542. The van der Waals surface area contributed by atoms with Crippen molar-refractivity contribution in [3.63, 3.8) is 0 Å². The van der Waals surface area contributed by atoms with Crippen molar-refractivity contribution in [2.75, 3.05) is 0 Å². The van der Waals surface area contributed by atoms with Crippen molar-refractivity contribution < 1.29 is 19.1 Å². The highest BCUT2D eigenvalue weighted by atomic mass is 16.6. The molecule has 0 unspecified atom stereocenters. The minimum absolute atomic E-state index is 0.0235. The van der Waals surface area contributed by atoms with E-state index in [-0.39, 0.29) is 47.3 Å². The lowest BCUT2D eigenvalue weighted by molar-refractivity contribution is -0.159. The third kappa shape index (κ3) is 1.83. The molecule has 1 heterocycles. The molecule has 4 rings (SSSR count). The first-order valence-corrected chi connectivity index (χ1v) is 9.21. The summed E-state index contributed by atoms with van der Waals surface area (Å²) in [7, 11) is 0. The molecular weight excluding hydrogens is 304 g/mol. The second-order valence-electron chi connectivity index (χ2n) is 8.83. The molecule has 0 aromatic rings. The van der Waals surface area contributed by atoms with E-state index < -0.39 is 11.3 Å². The SMILES string of the molecule is CC1=CC(=O)[C@H]2[C@@H]3C(=O)O[C@H]4[C@@H]3[C@](C)(C(=O)C[C@H]4C(C)C)[C@H]2CC1. The van der Waals surface area contributed by atoms with Crippen molar-refractivity contribution in [3.05, 3.63) is 11.6 Å². The van der Waals surface area contributed by atoms with E-state index >= 15 is 0 Å². The Labute approximate surface area is 143 Å². The second kappa shape index (κ2) is 5.03. The third-order valence-corrected chi connectivity index (χ3v) is 7.42. The average Bonchev–Trinajstić information content (AvgIpc) is 2.92. The fourth-order valence-electron chi connectivity index (χ4n) is 6.15. The Morgan fingerprint density at radius 1 is 1.21 bits per heavy atom. The summed E-state index contributed by atoms with van der Waals surface area (Å²) >= 11 is 0. The Morgan fingerprint density at radius 2 is 1.92 bits per heavy atom. The largest absolute Gasteiger partial charge is 0.461 e. The molecule has 4 nitrogen and oxygen atoms in total. The van der Waals surface area contributed by atoms with Crippen molar-refractivity contribution >= 4 is 17.5 Å². The maximum Gasteiger partial charge on any atom is 0.310 e. The highest BCUT2D eigenvalue weighted by Gasteiger charge is 2.73. The molecule has 3 aliphatic carbocycles. The monoisotopic (exact) mass is 330 g/mol. The van der Waals surface area contributed by atoms with Gasteiger partial charge >= 0.3 is 5.97 Å². The van der Waals surface area contributed by atoms with Crippen LogP contribution in [-0.2, 0) is 19.1 Å². The van der Waals surface area contributed by atoms with E-state index in [1.807, 2.05) is 13.8 Å². The number of allylic oxidation sites excluding steroid dienone is 2. The Bertz CT molecular complexity index is 661. The molecule has 1 saturated heterocycles. The first kappa shape index (κ1) is 16.0. The second-order valence-corrected chi connectivity index (χ2v) is 8.83. The fourth-order valence-corrected chi connectivity index (χ4v) is 6.15. The van der Waals surface area contributed by atoms with Crippen molar-refractivity contribution in [2.24, 2.45) is 40.9 Å². The quantitative estimate of drug-likeness (QED) is 0.694. The Kier molecular flexibility index (Phi) is 3.36. The van der Waals surface area contributed by atoms with E-state index in [2.05, 4.69) is 13.8 Å². The minimum Gasteiger partial charge on any atom is -0.461 e. The lowest BCUT2D eigenvalue weighted by Gasteiger charge is -2.45. The van der Waals surface area contributed by atoms with Gasteiger partial charge in [-0.25, -0.2) is 0 Å². The highest BCUT2D eigenvalue weighted by Crippen LogP contribution is 2.66. The first-order valence-electron chi connectivity index (χ1n) is 9.21. The van der Waals surface area contributed by atoms with E-state index in [0.717, 1.165) is 18.4 Å². The topological polar surface area (TPSA) is 60.4 Å². The summed E-state index contributed by atoms with van der Waals surface area (Å²) in [4.78, 5) is 38.8. The number of fused-ring (bicyclic) bond motifs is 3. The number of hydrogen-bond acceptors (Lipinski definition) is 4. The molecule has 0 bridgehead atoms. The number of carbonyl (C=O) groups excluding carboxylic acids is 3. The Balaban J connectivity index is 1.85. The zero-order valence-corrected chi connectivity index (χ0v) is 14.9. The number of hydrogen-bond donors (Lipinski definition) is 0. The van der Waals surface area contributed by atoms with Gasteiger partial charge in [-0.2, -0.15) is 0 Å². The van der Waals surface area contributed by atoms with Crippen LogP contribution in [0.4, 0.5) is 0 Å². The fraction of sp³-hybridized carbons (Fsp3) is 0.750. The standard InChI is InChI=1S/C20H26O4/c1-9(2)11-8-14(22)20(4)12-6-5-10(3)7-13(21)15(12)16-17(20)18(11)24-19(16)23/h7,9,11-12,15-18H,5-6,8H2,1-4H3/t11-,12-,15-,16-,17+,18+,20-/m0/s1. The van der Waals surface area contributed by atoms with Crippen LogP contribution < -0.4 is 0 Å². The van der Waals surface area contributed by atoms with E-state index in [0.29, 0.717) is 12.3 Å². The molecule has 24 heavy (non-hydrogen) atoms. The van der Waals surface area contributed by atoms with Crippen molar-refractivity contribution in [1.82, 2.24) is 0 Å². The highest BCUT2D eigenvalue weighted by molar-refractivity contribution is 6.00. The summed E-state index contributed by atoms with van der Waals surface area (Å²) in [5, 5.41) is 0. The number of ether oxygens (including phenoxy) is 1. The van der Waals surface area contributed by atoms with Crippen molar-refractivity contribution in [2.45, 2.75) is 53.1 Å². The summed E-state index contributed by atoms with van der Waals surface area (Å²) < 4.78 is 5.79. The van der Waals surface area contributed by atoms with Crippen LogP contribution in [-0.4, -0.2) is 23.6 Å². The van der Waals surface area contributed by atoms with Gasteiger partial charge in [0.25, 0.3) is 0 Å².